The predicted octanol–water partition coefficient (Wildman–Crippen LogP) is 2.04. The maximum atomic E-state index is 10.3. The van der Waals surface area contributed by atoms with E-state index in [4.69, 9.17) is 9.47 Å². The Kier molecular flexibility index (Phi) is 1.92. The molecule has 0 aromatic heterocycles. The fourth-order valence-corrected chi connectivity index (χ4v) is 4.86. The number of ether oxygens (including phenoxy) is 2. The highest BCUT2D eigenvalue weighted by atomic mass is 16.6. The zero-order valence-corrected chi connectivity index (χ0v) is 11.4. The van der Waals surface area contributed by atoms with E-state index in [1.807, 2.05) is 0 Å². The van der Waals surface area contributed by atoms with Crippen LogP contribution < -0.4 is 0 Å². The van der Waals surface area contributed by atoms with Gasteiger partial charge in [-0.05, 0) is 26.2 Å². The average molecular weight is 250 g/mol. The second-order valence-corrected chi connectivity index (χ2v) is 7.19. The van der Waals surface area contributed by atoms with Crippen molar-refractivity contribution in [2.45, 2.75) is 63.9 Å². The van der Waals surface area contributed by atoms with Crippen LogP contribution in [0.5, 0.6) is 0 Å². The van der Waals surface area contributed by atoms with Gasteiger partial charge in [0.1, 0.15) is 11.7 Å². The van der Waals surface area contributed by atoms with Gasteiger partial charge in [0, 0.05) is 10.8 Å². The van der Waals surface area contributed by atoms with Crippen LogP contribution in [0.1, 0.15) is 40.0 Å². The molecule has 0 aromatic rings. The second kappa shape index (κ2) is 3.02. The third-order valence-corrected chi connectivity index (χ3v) is 6.47. The SMILES string of the molecule is CC1=CC2OC3[C@H](O)C[C@@](C)(C34CO4)[C@@]2(C)CC1. The molecule has 3 fully saturated rings. The molecule has 18 heavy (non-hydrogen) atoms. The van der Waals surface area contributed by atoms with Crippen LogP contribution in [-0.4, -0.2) is 35.6 Å². The van der Waals surface area contributed by atoms with Crippen LogP contribution in [0.25, 0.3) is 0 Å². The van der Waals surface area contributed by atoms with Gasteiger partial charge in [0.25, 0.3) is 0 Å². The number of allylic oxidation sites excluding steroid dienone is 1. The van der Waals surface area contributed by atoms with Gasteiger partial charge in [-0.3, -0.25) is 0 Å². The first kappa shape index (κ1) is 11.4. The number of fused-ring (bicyclic) bond motifs is 2. The fourth-order valence-electron chi connectivity index (χ4n) is 4.86. The molecule has 3 unspecified atom stereocenters. The van der Waals surface area contributed by atoms with Gasteiger partial charge < -0.3 is 14.6 Å². The van der Waals surface area contributed by atoms with E-state index in [2.05, 4.69) is 26.8 Å². The summed E-state index contributed by atoms with van der Waals surface area (Å²) >= 11 is 0. The van der Waals surface area contributed by atoms with E-state index in [9.17, 15) is 5.11 Å². The molecule has 2 heterocycles. The third kappa shape index (κ3) is 1.01. The molecule has 3 nitrogen and oxygen atoms in total. The molecule has 0 radical (unpaired) electrons. The molecule has 0 amide bonds. The molecule has 1 spiro atoms. The molecule has 6 atom stereocenters. The van der Waals surface area contributed by atoms with Crippen molar-refractivity contribution in [3.63, 3.8) is 0 Å². The zero-order valence-electron chi connectivity index (χ0n) is 11.4. The Morgan fingerprint density at radius 1 is 1.39 bits per heavy atom. The molecule has 1 saturated carbocycles. The van der Waals surface area contributed by atoms with Crippen molar-refractivity contribution in [1.82, 2.24) is 0 Å². The number of aliphatic hydroxyl groups excluding tert-OH is 1. The van der Waals surface area contributed by atoms with Gasteiger partial charge in [0.05, 0.1) is 18.8 Å². The Morgan fingerprint density at radius 3 is 2.78 bits per heavy atom. The zero-order chi connectivity index (χ0) is 12.8. The molecule has 3 heteroatoms. The minimum absolute atomic E-state index is 0.0458. The van der Waals surface area contributed by atoms with E-state index >= 15 is 0 Å². The summed E-state index contributed by atoms with van der Waals surface area (Å²) in [7, 11) is 0. The minimum Gasteiger partial charge on any atom is -0.390 e. The molecular weight excluding hydrogens is 228 g/mol. The highest BCUT2D eigenvalue weighted by Gasteiger charge is 2.79. The Hall–Kier alpha value is -0.380. The van der Waals surface area contributed by atoms with Crippen molar-refractivity contribution in [3.8, 4) is 0 Å². The lowest BCUT2D eigenvalue weighted by atomic mass is 9.53. The number of hydrogen-bond acceptors (Lipinski definition) is 3. The molecule has 1 N–H and O–H groups in total. The highest BCUT2D eigenvalue weighted by molar-refractivity contribution is 5.31. The molecule has 2 aliphatic heterocycles. The molecule has 2 aliphatic carbocycles. The van der Waals surface area contributed by atoms with Gasteiger partial charge in [-0.2, -0.15) is 0 Å². The Bertz CT molecular complexity index is 439. The van der Waals surface area contributed by atoms with Gasteiger partial charge in [-0.25, -0.2) is 0 Å². The first-order valence-corrected chi connectivity index (χ1v) is 7.08. The number of epoxide rings is 1. The lowest BCUT2D eigenvalue weighted by Crippen LogP contribution is -2.61. The van der Waals surface area contributed by atoms with Crippen LogP contribution in [0, 0.1) is 10.8 Å². The van der Waals surface area contributed by atoms with Crippen LogP contribution in [-0.2, 0) is 9.47 Å². The van der Waals surface area contributed by atoms with Crippen LogP contribution in [0.2, 0.25) is 0 Å². The van der Waals surface area contributed by atoms with E-state index in [0.29, 0.717) is 0 Å². The van der Waals surface area contributed by atoms with E-state index < -0.39 is 0 Å². The monoisotopic (exact) mass is 250 g/mol. The molecule has 100 valence electrons. The van der Waals surface area contributed by atoms with Crippen molar-refractivity contribution in [2.24, 2.45) is 10.8 Å². The first-order chi connectivity index (χ1) is 8.43. The van der Waals surface area contributed by atoms with E-state index in [1.54, 1.807) is 0 Å². The summed E-state index contributed by atoms with van der Waals surface area (Å²) in [5, 5.41) is 10.3. The van der Waals surface area contributed by atoms with Crippen molar-refractivity contribution in [2.75, 3.05) is 6.61 Å². The van der Waals surface area contributed by atoms with Crippen molar-refractivity contribution < 1.29 is 14.6 Å². The number of aliphatic hydroxyl groups is 1. The highest BCUT2D eigenvalue weighted by Crippen LogP contribution is 2.71. The van der Waals surface area contributed by atoms with Gasteiger partial charge in [0.2, 0.25) is 0 Å². The summed E-state index contributed by atoms with van der Waals surface area (Å²) in [6.07, 6.45) is 5.04. The van der Waals surface area contributed by atoms with E-state index in [1.165, 1.54) is 5.57 Å². The standard InChI is InChI=1S/C15H22O3/c1-9-4-5-13(2)11(6-9)18-12-10(16)7-14(13,3)15(12)8-17-15/h6,10-12,16H,4-5,7-8H2,1-3H3/t10-,11?,12?,13+,14-,15?/m1/s1. The van der Waals surface area contributed by atoms with Crippen LogP contribution in [0.3, 0.4) is 0 Å². The number of hydrogen-bond donors (Lipinski definition) is 1. The molecule has 4 rings (SSSR count). The van der Waals surface area contributed by atoms with E-state index in [0.717, 1.165) is 25.9 Å². The van der Waals surface area contributed by atoms with Crippen molar-refractivity contribution in [1.29, 1.82) is 0 Å². The van der Waals surface area contributed by atoms with Crippen LogP contribution >= 0.6 is 0 Å². The first-order valence-electron chi connectivity index (χ1n) is 7.08. The lowest BCUT2D eigenvalue weighted by molar-refractivity contribution is -0.197. The Labute approximate surface area is 108 Å². The summed E-state index contributed by atoms with van der Waals surface area (Å²) in [5.41, 5.74) is 1.36. The molecule has 0 aromatic carbocycles. The summed E-state index contributed by atoms with van der Waals surface area (Å²) < 4.78 is 12.1. The topological polar surface area (TPSA) is 42.0 Å². The fraction of sp³-hybridized carbons (Fsp3) is 0.867. The predicted molar refractivity (Wildman–Crippen MR) is 67.2 cm³/mol. The van der Waals surface area contributed by atoms with Gasteiger partial charge in [0.15, 0.2) is 0 Å². The largest absolute Gasteiger partial charge is 0.390 e. The summed E-state index contributed by atoms with van der Waals surface area (Å²) in [5.74, 6) is 0. The Morgan fingerprint density at radius 2 is 2.11 bits per heavy atom. The lowest BCUT2D eigenvalue weighted by Gasteiger charge is -2.56. The van der Waals surface area contributed by atoms with Crippen molar-refractivity contribution >= 4 is 0 Å². The van der Waals surface area contributed by atoms with Crippen LogP contribution in [0.4, 0.5) is 0 Å². The van der Waals surface area contributed by atoms with Crippen molar-refractivity contribution in [3.05, 3.63) is 11.6 Å². The average Bonchev–Trinajstić information content (AvgIpc) is 3.06. The second-order valence-electron chi connectivity index (χ2n) is 7.19. The molecule has 2 bridgehead atoms. The summed E-state index contributed by atoms with van der Waals surface area (Å²) in [4.78, 5) is 0. The smallest absolute Gasteiger partial charge is 0.126 e. The van der Waals surface area contributed by atoms with Gasteiger partial charge in [-0.1, -0.05) is 25.5 Å². The van der Waals surface area contributed by atoms with E-state index in [-0.39, 0.29) is 34.7 Å². The Balaban J connectivity index is 1.86. The molecular formula is C15H22O3. The maximum absolute atomic E-state index is 10.3. The third-order valence-electron chi connectivity index (χ3n) is 6.47. The number of rotatable bonds is 0. The van der Waals surface area contributed by atoms with Crippen LogP contribution in [0.15, 0.2) is 11.6 Å². The minimum atomic E-state index is -0.367. The van der Waals surface area contributed by atoms with Gasteiger partial charge in [-0.15, -0.1) is 0 Å². The summed E-state index contributed by atoms with van der Waals surface area (Å²) in [6.45, 7) is 7.59. The van der Waals surface area contributed by atoms with Gasteiger partial charge >= 0.3 is 0 Å². The quantitative estimate of drug-likeness (QED) is 0.528. The maximum Gasteiger partial charge on any atom is 0.126 e. The summed E-state index contributed by atoms with van der Waals surface area (Å²) in [6, 6.07) is 0. The normalized spacial score (nSPS) is 61.6. The molecule has 2 saturated heterocycles. The molecule has 4 aliphatic rings.